The van der Waals surface area contributed by atoms with Crippen molar-refractivity contribution in [3.8, 4) is 0 Å². The molecule has 0 saturated heterocycles. The van der Waals surface area contributed by atoms with Gasteiger partial charge in [0.25, 0.3) is 0 Å². The molecule has 0 aliphatic carbocycles. The molecule has 0 saturated carbocycles. The van der Waals surface area contributed by atoms with Gasteiger partial charge in [-0.2, -0.15) is 0 Å². The standard InChI is InChI=1S/C9H13N.CH4/c1-3-4-9-6-5-8(2)10-7-9;/h5-7H,3-4H2,1-2H3;1H4. The van der Waals surface area contributed by atoms with E-state index in [1.807, 2.05) is 13.1 Å². The SMILES string of the molecule is C.CCCc1ccc(C)nc1. The average Bonchev–Trinajstić information content (AvgIpc) is 1.95. The quantitative estimate of drug-likeness (QED) is 0.633. The lowest BCUT2D eigenvalue weighted by Gasteiger charge is -1.96. The molecule has 0 spiro atoms. The van der Waals surface area contributed by atoms with Gasteiger partial charge in [-0.3, -0.25) is 4.98 Å². The van der Waals surface area contributed by atoms with Crippen LogP contribution in [0.1, 0.15) is 32.0 Å². The molecule has 1 aromatic rings. The van der Waals surface area contributed by atoms with Crippen LogP contribution in [-0.4, -0.2) is 4.98 Å². The summed E-state index contributed by atoms with van der Waals surface area (Å²) in [5.74, 6) is 0. The molecule has 0 aromatic carbocycles. The predicted octanol–water partition coefficient (Wildman–Crippen LogP) is 2.98. The van der Waals surface area contributed by atoms with Gasteiger partial charge in [-0.15, -0.1) is 0 Å². The number of nitrogens with zero attached hydrogens (tertiary/aromatic N) is 1. The van der Waals surface area contributed by atoms with Crippen LogP contribution in [0.5, 0.6) is 0 Å². The molecule has 0 aliphatic rings. The minimum atomic E-state index is 0. The van der Waals surface area contributed by atoms with E-state index in [2.05, 4.69) is 24.0 Å². The number of hydrogen-bond acceptors (Lipinski definition) is 1. The summed E-state index contributed by atoms with van der Waals surface area (Å²) in [6.07, 6.45) is 4.30. The molecular formula is C10H17N. The van der Waals surface area contributed by atoms with E-state index < -0.39 is 0 Å². The third kappa shape index (κ3) is 3.17. The lowest BCUT2D eigenvalue weighted by atomic mass is 10.2. The van der Waals surface area contributed by atoms with E-state index in [9.17, 15) is 0 Å². The smallest absolute Gasteiger partial charge is 0.0372 e. The normalized spacial score (nSPS) is 8.91. The van der Waals surface area contributed by atoms with Crippen LogP contribution in [0.15, 0.2) is 18.3 Å². The molecule has 1 heteroatoms. The van der Waals surface area contributed by atoms with Crippen molar-refractivity contribution >= 4 is 0 Å². The van der Waals surface area contributed by atoms with Crippen molar-refractivity contribution in [2.75, 3.05) is 0 Å². The Morgan fingerprint density at radius 2 is 2.09 bits per heavy atom. The summed E-state index contributed by atoms with van der Waals surface area (Å²) in [6.45, 7) is 4.19. The van der Waals surface area contributed by atoms with E-state index in [4.69, 9.17) is 0 Å². The zero-order valence-electron chi connectivity index (χ0n) is 6.59. The summed E-state index contributed by atoms with van der Waals surface area (Å²) >= 11 is 0. The fourth-order valence-electron chi connectivity index (χ4n) is 0.935. The lowest BCUT2D eigenvalue weighted by molar-refractivity contribution is 0.910. The Hall–Kier alpha value is -0.850. The van der Waals surface area contributed by atoms with Gasteiger partial charge in [-0.05, 0) is 25.0 Å². The Morgan fingerprint density at radius 1 is 1.36 bits per heavy atom. The second-order valence-corrected chi connectivity index (χ2v) is 2.56. The van der Waals surface area contributed by atoms with Crippen LogP contribution < -0.4 is 0 Å². The monoisotopic (exact) mass is 151 g/mol. The number of rotatable bonds is 2. The van der Waals surface area contributed by atoms with Gasteiger partial charge in [0.2, 0.25) is 0 Å². The van der Waals surface area contributed by atoms with Gasteiger partial charge in [0, 0.05) is 11.9 Å². The largest absolute Gasteiger partial charge is 0.261 e. The van der Waals surface area contributed by atoms with Gasteiger partial charge >= 0.3 is 0 Å². The van der Waals surface area contributed by atoms with Gasteiger partial charge in [0.05, 0.1) is 0 Å². The number of aromatic nitrogens is 1. The summed E-state index contributed by atoms with van der Waals surface area (Å²) in [4.78, 5) is 4.20. The maximum atomic E-state index is 4.20. The van der Waals surface area contributed by atoms with E-state index >= 15 is 0 Å². The van der Waals surface area contributed by atoms with Crippen molar-refractivity contribution in [1.82, 2.24) is 4.98 Å². The Kier molecular flexibility index (Phi) is 4.51. The van der Waals surface area contributed by atoms with Crippen LogP contribution in [0, 0.1) is 6.92 Å². The molecule has 1 heterocycles. The summed E-state index contributed by atoms with van der Waals surface area (Å²) < 4.78 is 0. The Balaban J connectivity index is 0.000001000. The molecule has 0 fully saturated rings. The zero-order chi connectivity index (χ0) is 7.40. The summed E-state index contributed by atoms with van der Waals surface area (Å²) in [7, 11) is 0. The van der Waals surface area contributed by atoms with Crippen molar-refractivity contribution in [2.24, 2.45) is 0 Å². The van der Waals surface area contributed by atoms with E-state index in [1.54, 1.807) is 0 Å². The molecule has 1 rings (SSSR count). The van der Waals surface area contributed by atoms with Crippen molar-refractivity contribution in [1.29, 1.82) is 0 Å². The maximum Gasteiger partial charge on any atom is 0.0372 e. The van der Waals surface area contributed by atoms with Crippen molar-refractivity contribution < 1.29 is 0 Å². The molecule has 62 valence electrons. The van der Waals surface area contributed by atoms with Crippen LogP contribution in [0.4, 0.5) is 0 Å². The van der Waals surface area contributed by atoms with Crippen molar-refractivity contribution in [3.63, 3.8) is 0 Å². The van der Waals surface area contributed by atoms with E-state index in [0.717, 1.165) is 12.1 Å². The molecule has 0 unspecified atom stereocenters. The first kappa shape index (κ1) is 10.2. The predicted molar refractivity (Wildman–Crippen MR) is 49.7 cm³/mol. The van der Waals surface area contributed by atoms with Gasteiger partial charge in [-0.1, -0.05) is 26.8 Å². The Bertz CT molecular complexity index is 189. The third-order valence-electron chi connectivity index (χ3n) is 1.51. The Labute approximate surface area is 69.5 Å². The molecule has 0 aliphatic heterocycles. The molecule has 0 radical (unpaired) electrons. The summed E-state index contributed by atoms with van der Waals surface area (Å²) in [5.41, 5.74) is 2.44. The topological polar surface area (TPSA) is 12.9 Å². The average molecular weight is 151 g/mol. The van der Waals surface area contributed by atoms with Crippen LogP contribution in [0.3, 0.4) is 0 Å². The van der Waals surface area contributed by atoms with E-state index in [-0.39, 0.29) is 7.43 Å². The first-order valence-corrected chi connectivity index (χ1v) is 3.74. The zero-order valence-corrected chi connectivity index (χ0v) is 6.59. The summed E-state index contributed by atoms with van der Waals surface area (Å²) in [6, 6.07) is 4.21. The van der Waals surface area contributed by atoms with Gasteiger partial charge < -0.3 is 0 Å². The van der Waals surface area contributed by atoms with Crippen molar-refractivity contribution in [2.45, 2.75) is 34.1 Å². The first-order chi connectivity index (χ1) is 4.83. The van der Waals surface area contributed by atoms with Crippen molar-refractivity contribution in [3.05, 3.63) is 29.6 Å². The molecule has 11 heavy (non-hydrogen) atoms. The number of aryl methyl sites for hydroxylation is 2. The maximum absolute atomic E-state index is 4.20. The highest BCUT2D eigenvalue weighted by Gasteiger charge is 1.89. The van der Waals surface area contributed by atoms with E-state index in [0.29, 0.717) is 0 Å². The second-order valence-electron chi connectivity index (χ2n) is 2.56. The lowest BCUT2D eigenvalue weighted by Crippen LogP contribution is -1.85. The third-order valence-corrected chi connectivity index (χ3v) is 1.51. The van der Waals surface area contributed by atoms with Crippen LogP contribution in [0.25, 0.3) is 0 Å². The van der Waals surface area contributed by atoms with Gasteiger partial charge in [-0.25, -0.2) is 0 Å². The second kappa shape index (κ2) is 4.89. The fourth-order valence-corrected chi connectivity index (χ4v) is 0.935. The molecule has 0 atom stereocenters. The highest BCUT2D eigenvalue weighted by atomic mass is 14.6. The van der Waals surface area contributed by atoms with Gasteiger partial charge in [0.1, 0.15) is 0 Å². The highest BCUT2D eigenvalue weighted by Crippen LogP contribution is 2.01. The van der Waals surface area contributed by atoms with Crippen LogP contribution in [0.2, 0.25) is 0 Å². The summed E-state index contributed by atoms with van der Waals surface area (Å²) in [5, 5.41) is 0. The molecule has 0 amide bonds. The molecule has 0 bridgehead atoms. The number of hydrogen-bond donors (Lipinski definition) is 0. The Morgan fingerprint density at radius 3 is 2.55 bits per heavy atom. The number of pyridine rings is 1. The highest BCUT2D eigenvalue weighted by molar-refractivity contribution is 5.12. The first-order valence-electron chi connectivity index (χ1n) is 3.74. The van der Waals surface area contributed by atoms with Crippen LogP contribution >= 0.6 is 0 Å². The molecule has 1 nitrogen and oxygen atoms in total. The minimum absolute atomic E-state index is 0. The molecular weight excluding hydrogens is 134 g/mol. The fraction of sp³-hybridized carbons (Fsp3) is 0.500. The van der Waals surface area contributed by atoms with Gasteiger partial charge in [0.15, 0.2) is 0 Å². The van der Waals surface area contributed by atoms with E-state index in [1.165, 1.54) is 12.0 Å². The van der Waals surface area contributed by atoms with Crippen LogP contribution in [-0.2, 0) is 6.42 Å². The molecule has 1 aromatic heterocycles. The molecule has 0 N–H and O–H groups in total. The minimum Gasteiger partial charge on any atom is -0.261 e.